The van der Waals surface area contributed by atoms with Gasteiger partial charge in [0.25, 0.3) is 0 Å². The van der Waals surface area contributed by atoms with Crippen molar-refractivity contribution in [3.05, 3.63) is 132 Å². The zero-order valence-corrected chi connectivity index (χ0v) is 23.9. The van der Waals surface area contributed by atoms with Gasteiger partial charge in [-0.05, 0) is 47.5 Å². The maximum Gasteiger partial charge on any atom is 0.246 e. The van der Waals surface area contributed by atoms with E-state index >= 15 is 0 Å². The van der Waals surface area contributed by atoms with Crippen molar-refractivity contribution in [1.82, 2.24) is 0 Å². The number of rotatable bonds is 6. The zero-order valence-electron chi connectivity index (χ0n) is 23.9. The van der Waals surface area contributed by atoms with Gasteiger partial charge in [-0.2, -0.15) is 0 Å². The van der Waals surface area contributed by atoms with E-state index in [1.54, 1.807) is 0 Å². The summed E-state index contributed by atoms with van der Waals surface area (Å²) in [7, 11) is 2.12. The molecule has 0 aliphatic rings. The van der Waals surface area contributed by atoms with Crippen molar-refractivity contribution >= 4 is 23.1 Å². The fourth-order valence-corrected chi connectivity index (χ4v) is 5.26. The molecule has 0 unspecified atom stereocenters. The molecule has 0 fully saturated rings. The molecule has 2 nitrogen and oxygen atoms in total. The standard InChI is InChI=1S/C36H37BNO/c1-26-15-13-14-20-33(26)39-35-31(37(29-16-9-7-10-17-29)30-18-11-8-12-19-30)22-21-27(2)34(35)32-25-28(36(3,4)5)23-24-38(32)6/h7-25H,1-6H3/q+1. The number of hydrogen-bond acceptors (Lipinski definition) is 1. The molecule has 194 valence electrons. The Balaban J connectivity index is 1.84. The van der Waals surface area contributed by atoms with Crippen LogP contribution in [0.4, 0.5) is 0 Å². The smallest absolute Gasteiger partial charge is 0.246 e. The Morgan fingerprint density at radius 2 is 1.26 bits per heavy atom. The molecule has 4 aromatic carbocycles. The number of para-hydroxylation sites is 1. The van der Waals surface area contributed by atoms with Gasteiger partial charge in [-0.15, -0.1) is 0 Å². The average Bonchev–Trinajstić information content (AvgIpc) is 2.92. The maximum absolute atomic E-state index is 7.00. The van der Waals surface area contributed by atoms with Crippen molar-refractivity contribution in [2.45, 2.75) is 40.0 Å². The minimum atomic E-state index is 0.0156. The van der Waals surface area contributed by atoms with Gasteiger partial charge >= 0.3 is 0 Å². The van der Waals surface area contributed by atoms with Crippen LogP contribution in [-0.4, -0.2) is 6.71 Å². The molecule has 0 saturated heterocycles. The van der Waals surface area contributed by atoms with Crippen molar-refractivity contribution in [2.75, 3.05) is 0 Å². The van der Waals surface area contributed by atoms with Crippen LogP contribution in [0.25, 0.3) is 11.3 Å². The molecule has 0 spiro atoms. The van der Waals surface area contributed by atoms with Gasteiger partial charge < -0.3 is 4.74 Å². The number of hydrogen-bond donors (Lipinski definition) is 0. The normalized spacial score (nSPS) is 11.3. The molecule has 0 saturated carbocycles. The first-order chi connectivity index (χ1) is 18.7. The van der Waals surface area contributed by atoms with E-state index < -0.39 is 0 Å². The monoisotopic (exact) mass is 510 g/mol. The lowest BCUT2D eigenvalue weighted by Gasteiger charge is -2.24. The Hall–Kier alpha value is -4.11. The molecule has 1 aromatic heterocycles. The predicted octanol–water partition coefficient (Wildman–Crippen LogP) is 6.40. The van der Waals surface area contributed by atoms with Gasteiger partial charge in [0.2, 0.25) is 12.4 Å². The van der Waals surface area contributed by atoms with Gasteiger partial charge in [0.1, 0.15) is 18.5 Å². The van der Waals surface area contributed by atoms with Crippen LogP contribution in [0.5, 0.6) is 11.5 Å². The Morgan fingerprint density at radius 3 is 1.85 bits per heavy atom. The number of ether oxygens (including phenoxy) is 1. The molecule has 0 radical (unpaired) electrons. The topological polar surface area (TPSA) is 13.1 Å². The highest BCUT2D eigenvalue weighted by molar-refractivity contribution is 6.96. The lowest BCUT2D eigenvalue weighted by molar-refractivity contribution is -0.660. The SMILES string of the molecule is Cc1ccccc1Oc1c(B(c2ccccc2)c2ccccc2)ccc(C)c1-c1cc(C(C)(C)C)cc[n+]1C. The number of benzene rings is 4. The van der Waals surface area contributed by atoms with E-state index in [1.165, 1.54) is 22.1 Å². The highest BCUT2D eigenvalue weighted by Gasteiger charge is 2.31. The van der Waals surface area contributed by atoms with Gasteiger partial charge in [-0.1, -0.05) is 123 Å². The molecule has 0 atom stereocenters. The summed E-state index contributed by atoms with van der Waals surface area (Å²) in [4.78, 5) is 0. The number of aromatic nitrogens is 1. The first-order valence-corrected chi connectivity index (χ1v) is 13.7. The second-order valence-corrected chi connectivity index (χ2v) is 11.5. The third-order valence-electron chi connectivity index (χ3n) is 7.55. The maximum atomic E-state index is 7.00. The van der Waals surface area contributed by atoms with E-state index in [0.717, 1.165) is 33.8 Å². The minimum Gasteiger partial charge on any atom is -0.457 e. The molecule has 0 N–H and O–H groups in total. The summed E-state index contributed by atoms with van der Waals surface area (Å²) in [5.41, 5.74) is 9.52. The van der Waals surface area contributed by atoms with Crippen molar-refractivity contribution < 1.29 is 9.30 Å². The zero-order chi connectivity index (χ0) is 27.6. The molecule has 3 heteroatoms. The Morgan fingerprint density at radius 1 is 0.667 bits per heavy atom. The molecule has 1 heterocycles. The van der Waals surface area contributed by atoms with Crippen molar-refractivity contribution in [1.29, 1.82) is 0 Å². The number of aryl methyl sites for hydroxylation is 3. The lowest BCUT2D eigenvalue weighted by atomic mass is 9.36. The molecule has 0 amide bonds. The van der Waals surface area contributed by atoms with Crippen molar-refractivity contribution in [2.24, 2.45) is 7.05 Å². The van der Waals surface area contributed by atoms with Crippen molar-refractivity contribution in [3.8, 4) is 22.8 Å². The van der Waals surface area contributed by atoms with Gasteiger partial charge in [-0.3, -0.25) is 0 Å². The van der Waals surface area contributed by atoms with E-state index in [4.69, 9.17) is 4.74 Å². The Kier molecular flexibility index (Phi) is 7.44. The highest BCUT2D eigenvalue weighted by Crippen LogP contribution is 2.36. The molecular formula is C36H37BNO+. The van der Waals surface area contributed by atoms with Crippen LogP contribution in [0.15, 0.2) is 115 Å². The molecule has 0 aliphatic heterocycles. The molecular weight excluding hydrogens is 473 g/mol. The number of pyridine rings is 1. The van der Waals surface area contributed by atoms with Crippen LogP contribution >= 0.6 is 0 Å². The molecule has 5 rings (SSSR count). The summed E-state index contributed by atoms with van der Waals surface area (Å²) < 4.78 is 9.21. The third kappa shape index (κ3) is 5.54. The van der Waals surface area contributed by atoms with Crippen LogP contribution < -0.4 is 25.7 Å². The molecule has 5 aromatic rings. The van der Waals surface area contributed by atoms with Crippen LogP contribution in [0, 0.1) is 13.8 Å². The lowest BCUT2D eigenvalue weighted by Crippen LogP contribution is -2.52. The summed E-state index contributed by atoms with van der Waals surface area (Å²) in [5.74, 6) is 1.78. The van der Waals surface area contributed by atoms with Gasteiger partial charge in [0.15, 0.2) is 6.20 Å². The van der Waals surface area contributed by atoms with Crippen LogP contribution in [0.3, 0.4) is 0 Å². The fraction of sp³-hybridized carbons (Fsp3) is 0.194. The third-order valence-corrected chi connectivity index (χ3v) is 7.55. The summed E-state index contributed by atoms with van der Waals surface area (Å²) >= 11 is 0. The molecule has 0 bridgehead atoms. The van der Waals surface area contributed by atoms with Crippen LogP contribution in [-0.2, 0) is 12.5 Å². The van der Waals surface area contributed by atoms with E-state index in [-0.39, 0.29) is 12.1 Å². The summed E-state index contributed by atoms with van der Waals surface area (Å²) in [6, 6.07) is 38.8. The van der Waals surface area contributed by atoms with E-state index in [0.29, 0.717) is 0 Å². The largest absolute Gasteiger partial charge is 0.457 e. The van der Waals surface area contributed by atoms with E-state index in [2.05, 4.69) is 156 Å². The second-order valence-electron chi connectivity index (χ2n) is 11.5. The summed E-state index contributed by atoms with van der Waals surface area (Å²) in [6.45, 7) is 11.1. The molecule has 39 heavy (non-hydrogen) atoms. The van der Waals surface area contributed by atoms with Crippen molar-refractivity contribution in [3.63, 3.8) is 0 Å². The van der Waals surface area contributed by atoms with Gasteiger partial charge in [-0.25, -0.2) is 4.57 Å². The summed E-state index contributed by atoms with van der Waals surface area (Å²) in [6.07, 6.45) is 2.17. The predicted molar refractivity (Wildman–Crippen MR) is 165 cm³/mol. The first kappa shape index (κ1) is 26.5. The quantitative estimate of drug-likeness (QED) is 0.190. The molecule has 0 aliphatic carbocycles. The fourth-order valence-electron chi connectivity index (χ4n) is 5.26. The van der Waals surface area contributed by atoms with E-state index in [1.807, 2.05) is 6.07 Å². The van der Waals surface area contributed by atoms with Crippen LogP contribution in [0.2, 0.25) is 0 Å². The second kappa shape index (κ2) is 10.9. The highest BCUT2D eigenvalue weighted by atomic mass is 16.5. The first-order valence-electron chi connectivity index (χ1n) is 13.7. The average molecular weight is 511 g/mol. The van der Waals surface area contributed by atoms with E-state index in [9.17, 15) is 0 Å². The Labute approximate surface area is 234 Å². The minimum absolute atomic E-state index is 0.0156. The Bertz CT molecular complexity index is 1550. The number of nitrogens with zero attached hydrogens (tertiary/aromatic N) is 1. The summed E-state index contributed by atoms with van der Waals surface area (Å²) in [5, 5.41) is 0. The van der Waals surface area contributed by atoms with Crippen LogP contribution in [0.1, 0.15) is 37.5 Å². The van der Waals surface area contributed by atoms with Gasteiger partial charge in [0, 0.05) is 12.1 Å². The van der Waals surface area contributed by atoms with Gasteiger partial charge in [0.05, 0.1) is 5.56 Å².